The van der Waals surface area contributed by atoms with E-state index >= 15 is 0 Å². The summed E-state index contributed by atoms with van der Waals surface area (Å²) < 4.78 is 15.5. The molecule has 0 N–H and O–H groups in total. The van der Waals surface area contributed by atoms with Crippen LogP contribution in [0.15, 0.2) is 5.11 Å². The smallest absolute Gasteiger partial charge is 0.443 e. The maximum Gasteiger partial charge on any atom is 0.443 e. The SMILES string of the molecule is CCO[Si](Cl)(CCCCOC(=O)N=[N+]=[N-])OCC. The molecule has 0 rings (SSSR count). The topological polar surface area (TPSA) is 93.5 Å². The standard InChI is InChI=1S/C9H18ClN3O4Si/c1-3-16-18(10,17-4-2)8-6-5-7-15-9(14)12-13-11/h3-8H2,1-2H3. The molecule has 104 valence electrons. The van der Waals surface area contributed by atoms with E-state index in [-0.39, 0.29) is 6.61 Å². The minimum atomic E-state index is -2.59. The lowest BCUT2D eigenvalue weighted by Crippen LogP contribution is -2.36. The van der Waals surface area contributed by atoms with Gasteiger partial charge in [-0.3, -0.25) is 0 Å². The number of rotatable bonds is 9. The van der Waals surface area contributed by atoms with Crippen LogP contribution < -0.4 is 0 Å². The number of amides is 1. The van der Waals surface area contributed by atoms with E-state index in [0.717, 1.165) is 6.42 Å². The zero-order chi connectivity index (χ0) is 13.9. The molecule has 0 saturated carbocycles. The van der Waals surface area contributed by atoms with Crippen molar-refractivity contribution in [3.8, 4) is 0 Å². The molecule has 0 heterocycles. The van der Waals surface area contributed by atoms with E-state index in [1.54, 1.807) is 0 Å². The molecule has 0 aromatic heterocycles. The number of hydrogen-bond acceptors (Lipinski definition) is 4. The largest absolute Gasteiger partial charge is 0.461 e. The first-order valence-electron chi connectivity index (χ1n) is 5.76. The Bertz CT molecular complexity index is 294. The lowest BCUT2D eigenvalue weighted by molar-refractivity contribution is 0.154. The molecule has 0 radical (unpaired) electrons. The summed E-state index contributed by atoms with van der Waals surface area (Å²) in [4.78, 5) is 13.0. The molecule has 0 spiro atoms. The van der Waals surface area contributed by atoms with Gasteiger partial charge in [0.05, 0.1) is 6.61 Å². The van der Waals surface area contributed by atoms with Crippen molar-refractivity contribution in [1.29, 1.82) is 0 Å². The quantitative estimate of drug-likeness (QED) is 0.162. The van der Waals surface area contributed by atoms with E-state index < -0.39 is 14.0 Å². The zero-order valence-electron chi connectivity index (χ0n) is 10.6. The Hall–Kier alpha value is -0.793. The summed E-state index contributed by atoms with van der Waals surface area (Å²) >= 11 is 6.25. The Morgan fingerprint density at radius 2 is 1.94 bits per heavy atom. The summed E-state index contributed by atoms with van der Waals surface area (Å²) in [5, 5.41) is 2.78. The van der Waals surface area contributed by atoms with Crippen LogP contribution >= 0.6 is 11.1 Å². The van der Waals surface area contributed by atoms with Crippen molar-refractivity contribution in [2.24, 2.45) is 5.11 Å². The Morgan fingerprint density at radius 1 is 1.33 bits per heavy atom. The van der Waals surface area contributed by atoms with Gasteiger partial charge >= 0.3 is 14.0 Å². The van der Waals surface area contributed by atoms with Gasteiger partial charge in [-0.2, -0.15) is 0 Å². The van der Waals surface area contributed by atoms with Gasteiger partial charge in [0.25, 0.3) is 0 Å². The average molecular weight is 296 g/mol. The highest BCUT2D eigenvalue weighted by molar-refractivity contribution is 7.12. The molecule has 0 aliphatic rings. The number of halogens is 1. The Kier molecular flexibility index (Phi) is 9.71. The minimum absolute atomic E-state index is 0.192. The highest BCUT2D eigenvalue weighted by Crippen LogP contribution is 2.21. The highest BCUT2D eigenvalue weighted by Gasteiger charge is 2.34. The number of carbonyl (C=O) groups excluding carboxylic acids is 1. The van der Waals surface area contributed by atoms with Crippen LogP contribution in [0.25, 0.3) is 10.4 Å². The van der Waals surface area contributed by atoms with Gasteiger partial charge in [0.1, 0.15) is 0 Å². The van der Waals surface area contributed by atoms with Crippen LogP contribution in [0.4, 0.5) is 4.79 Å². The number of unbranched alkanes of at least 4 members (excludes halogenated alkanes) is 1. The predicted molar refractivity (Wildman–Crippen MR) is 69.4 cm³/mol. The van der Waals surface area contributed by atoms with Crippen LogP contribution in [0, 0.1) is 0 Å². The van der Waals surface area contributed by atoms with Crippen molar-refractivity contribution in [1.82, 2.24) is 0 Å². The summed E-state index contributed by atoms with van der Waals surface area (Å²) in [6.07, 6.45) is 0.426. The van der Waals surface area contributed by atoms with E-state index in [9.17, 15) is 4.79 Å². The predicted octanol–water partition coefficient (Wildman–Crippen LogP) is 3.46. The van der Waals surface area contributed by atoms with Crippen LogP contribution in [-0.2, 0) is 13.6 Å². The second kappa shape index (κ2) is 10.2. The maximum atomic E-state index is 10.7. The van der Waals surface area contributed by atoms with E-state index in [1.165, 1.54) is 0 Å². The van der Waals surface area contributed by atoms with E-state index in [0.29, 0.717) is 25.7 Å². The number of hydrogen-bond donors (Lipinski definition) is 0. The molecule has 0 atom stereocenters. The van der Waals surface area contributed by atoms with Gasteiger partial charge < -0.3 is 13.6 Å². The first-order valence-corrected chi connectivity index (χ1v) is 8.80. The number of nitrogens with zero attached hydrogens (tertiary/aromatic N) is 3. The third-order valence-electron chi connectivity index (χ3n) is 1.94. The number of carbonyl (C=O) groups is 1. The fraction of sp³-hybridized carbons (Fsp3) is 0.889. The minimum Gasteiger partial charge on any atom is -0.461 e. The molecule has 0 aromatic rings. The van der Waals surface area contributed by atoms with Gasteiger partial charge in [0, 0.05) is 29.3 Å². The van der Waals surface area contributed by atoms with Gasteiger partial charge in [-0.1, -0.05) is 11.1 Å². The molecule has 0 aromatic carbocycles. The monoisotopic (exact) mass is 295 g/mol. The molecule has 9 heteroatoms. The summed E-state index contributed by atoms with van der Waals surface area (Å²) in [5.74, 6) is 0. The fourth-order valence-electron chi connectivity index (χ4n) is 1.28. The van der Waals surface area contributed by atoms with Crippen LogP contribution in [0.2, 0.25) is 6.04 Å². The summed E-state index contributed by atoms with van der Waals surface area (Å²) in [6.45, 7) is 4.95. The van der Waals surface area contributed by atoms with Gasteiger partial charge in [-0.15, -0.1) is 0 Å². The highest BCUT2D eigenvalue weighted by atomic mass is 35.6. The van der Waals surface area contributed by atoms with E-state index in [2.05, 4.69) is 14.8 Å². The van der Waals surface area contributed by atoms with Crippen LogP contribution in [-0.4, -0.2) is 33.8 Å². The Morgan fingerprint density at radius 3 is 2.44 bits per heavy atom. The van der Waals surface area contributed by atoms with Gasteiger partial charge in [-0.25, -0.2) is 4.79 Å². The third kappa shape index (κ3) is 8.32. The fourth-order valence-corrected chi connectivity index (χ4v) is 4.24. The molecular weight excluding hydrogens is 278 g/mol. The summed E-state index contributed by atoms with van der Waals surface area (Å²) in [5.41, 5.74) is 7.98. The molecule has 18 heavy (non-hydrogen) atoms. The molecule has 0 aliphatic carbocycles. The van der Waals surface area contributed by atoms with Gasteiger partial charge in [0.2, 0.25) is 0 Å². The number of ether oxygens (including phenoxy) is 1. The molecule has 0 aliphatic heterocycles. The normalized spacial score (nSPS) is 10.8. The summed E-state index contributed by atoms with van der Waals surface area (Å²) in [6, 6.07) is 0.620. The van der Waals surface area contributed by atoms with Crippen LogP contribution in [0.1, 0.15) is 26.7 Å². The lowest BCUT2D eigenvalue weighted by Gasteiger charge is -2.22. The zero-order valence-corrected chi connectivity index (χ0v) is 12.4. The Balaban J connectivity index is 3.79. The van der Waals surface area contributed by atoms with Crippen molar-refractivity contribution in [2.75, 3.05) is 19.8 Å². The van der Waals surface area contributed by atoms with Crippen LogP contribution in [0.5, 0.6) is 0 Å². The second-order valence-corrected chi connectivity index (χ2v) is 7.41. The molecule has 0 saturated heterocycles. The average Bonchev–Trinajstić information content (AvgIpc) is 2.29. The van der Waals surface area contributed by atoms with E-state index in [4.69, 9.17) is 25.5 Å². The number of azide groups is 1. The van der Waals surface area contributed by atoms with Crippen LogP contribution in [0.3, 0.4) is 0 Å². The third-order valence-corrected chi connectivity index (χ3v) is 5.55. The second-order valence-electron chi connectivity index (χ2n) is 3.29. The van der Waals surface area contributed by atoms with Crippen molar-refractivity contribution in [2.45, 2.75) is 32.7 Å². The first kappa shape index (κ1) is 17.2. The van der Waals surface area contributed by atoms with Crippen molar-refractivity contribution in [3.05, 3.63) is 10.4 Å². The van der Waals surface area contributed by atoms with Gasteiger partial charge in [-0.05, 0) is 32.2 Å². The van der Waals surface area contributed by atoms with Crippen molar-refractivity contribution >= 4 is 25.0 Å². The molecule has 1 amide bonds. The molecule has 7 nitrogen and oxygen atoms in total. The molecule has 0 bridgehead atoms. The van der Waals surface area contributed by atoms with Crippen molar-refractivity contribution in [3.63, 3.8) is 0 Å². The summed E-state index contributed by atoms with van der Waals surface area (Å²) in [7, 11) is -2.59. The molecular formula is C9H18ClN3O4Si. The molecule has 0 fully saturated rings. The molecule has 0 unspecified atom stereocenters. The Labute approximate surface area is 112 Å². The maximum absolute atomic E-state index is 10.7. The van der Waals surface area contributed by atoms with E-state index in [1.807, 2.05) is 13.8 Å². The van der Waals surface area contributed by atoms with Gasteiger partial charge in [0.15, 0.2) is 0 Å². The lowest BCUT2D eigenvalue weighted by atomic mass is 10.4. The van der Waals surface area contributed by atoms with Crippen molar-refractivity contribution < 1.29 is 18.4 Å². The first-order chi connectivity index (χ1) is 8.58.